The van der Waals surface area contributed by atoms with Crippen LogP contribution in [0.3, 0.4) is 0 Å². The van der Waals surface area contributed by atoms with Crippen LogP contribution in [0.4, 0.5) is 0 Å². The van der Waals surface area contributed by atoms with Crippen molar-refractivity contribution in [3.63, 3.8) is 0 Å². The van der Waals surface area contributed by atoms with Crippen LogP contribution in [0.2, 0.25) is 18.1 Å². The fourth-order valence-electron chi connectivity index (χ4n) is 2.27. The molecule has 2 rings (SSSR count). The molecule has 1 aromatic carbocycles. The van der Waals surface area contributed by atoms with Crippen molar-refractivity contribution in [2.24, 2.45) is 0 Å². The van der Waals surface area contributed by atoms with Gasteiger partial charge in [0.1, 0.15) is 0 Å². The Morgan fingerprint density at radius 3 is 2.26 bits per heavy atom. The van der Waals surface area contributed by atoms with Gasteiger partial charge in [-0.15, -0.1) is 0 Å². The quantitative estimate of drug-likeness (QED) is 0.825. The summed E-state index contributed by atoms with van der Waals surface area (Å²) < 4.78 is 2.36. The molecule has 0 fully saturated rings. The smallest absolute Gasteiger partial charge is 0.423 e. The van der Waals surface area contributed by atoms with E-state index in [9.17, 15) is 10.0 Å². The Labute approximate surface area is 116 Å². The third-order valence-electron chi connectivity index (χ3n) is 4.48. The minimum atomic E-state index is -1.70. The summed E-state index contributed by atoms with van der Waals surface area (Å²) in [6.45, 7) is 11.5. The van der Waals surface area contributed by atoms with E-state index in [-0.39, 0.29) is 5.04 Å². The van der Waals surface area contributed by atoms with Gasteiger partial charge in [0, 0.05) is 5.52 Å². The maximum Gasteiger partial charge on any atom is 0.489 e. The van der Waals surface area contributed by atoms with Gasteiger partial charge < -0.3 is 14.3 Å². The Kier molecular flexibility index (Phi) is 3.41. The van der Waals surface area contributed by atoms with E-state index in [0.717, 1.165) is 10.9 Å². The first-order chi connectivity index (χ1) is 8.66. The summed E-state index contributed by atoms with van der Waals surface area (Å²) in [5.41, 5.74) is 1.67. The Morgan fingerprint density at radius 2 is 1.74 bits per heavy atom. The van der Waals surface area contributed by atoms with Crippen molar-refractivity contribution >= 4 is 31.7 Å². The fourth-order valence-corrected chi connectivity index (χ4v) is 4.23. The van der Waals surface area contributed by atoms with Crippen molar-refractivity contribution in [3.05, 3.63) is 30.5 Å². The average Bonchev–Trinajstić information content (AvgIpc) is 2.70. The second kappa shape index (κ2) is 4.51. The highest BCUT2D eigenvalue weighted by atomic mass is 28.3. The van der Waals surface area contributed by atoms with Gasteiger partial charge in [-0.3, -0.25) is 0 Å². The van der Waals surface area contributed by atoms with Crippen molar-refractivity contribution in [2.75, 3.05) is 0 Å². The summed E-state index contributed by atoms with van der Waals surface area (Å²) in [6, 6.07) is 7.70. The van der Waals surface area contributed by atoms with Gasteiger partial charge in [-0.2, -0.15) is 0 Å². The molecule has 2 N–H and O–H groups in total. The lowest BCUT2D eigenvalue weighted by molar-refractivity contribution is 0.426. The van der Waals surface area contributed by atoms with Gasteiger partial charge in [-0.25, -0.2) is 0 Å². The van der Waals surface area contributed by atoms with Crippen molar-refractivity contribution in [2.45, 2.75) is 38.9 Å². The van der Waals surface area contributed by atoms with E-state index in [4.69, 9.17) is 0 Å². The number of nitrogens with zero attached hydrogens (tertiary/aromatic N) is 1. The highest BCUT2D eigenvalue weighted by Crippen LogP contribution is 2.38. The van der Waals surface area contributed by atoms with Crippen LogP contribution in [-0.2, 0) is 0 Å². The number of rotatable bonds is 2. The van der Waals surface area contributed by atoms with Gasteiger partial charge in [0.15, 0.2) is 8.24 Å². The lowest BCUT2D eigenvalue weighted by Gasteiger charge is -2.38. The van der Waals surface area contributed by atoms with E-state index < -0.39 is 15.4 Å². The molecular formula is C14H22BNO2Si. The molecule has 0 radical (unpaired) electrons. The zero-order valence-corrected chi connectivity index (χ0v) is 13.3. The number of hydrogen-bond donors (Lipinski definition) is 2. The predicted octanol–water partition coefficient (Wildman–Crippen LogP) is 2.17. The highest BCUT2D eigenvalue weighted by Gasteiger charge is 2.38. The zero-order valence-electron chi connectivity index (χ0n) is 12.3. The first-order valence-corrected chi connectivity index (χ1v) is 9.57. The van der Waals surface area contributed by atoms with Crippen LogP contribution in [0, 0.1) is 0 Å². The van der Waals surface area contributed by atoms with Crippen LogP contribution in [0.1, 0.15) is 20.8 Å². The predicted molar refractivity (Wildman–Crippen MR) is 84.4 cm³/mol. The van der Waals surface area contributed by atoms with E-state index in [2.05, 4.69) is 50.4 Å². The summed E-state index contributed by atoms with van der Waals surface area (Å²) >= 11 is 0. The molecular weight excluding hydrogens is 253 g/mol. The second-order valence-electron chi connectivity index (χ2n) is 6.65. The number of benzene rings is 1. The van der Waals surface area contributed by atoms with E-state index in [0.29, 0.717) is 5.46 Å². The maximum absolute atomic E-state index is 9.45. The van der Waals surface area contributed by atoms with Gasteiger partial charge in [0.05, 0.1) is 0 Å². The molecule has 2 aromatic rings. The van der Waals surface area contributed by atoms with Gasteiger partial charge in [-0.05, 0) is 34.2 Å². The maximum atomic E-state index is 9.45. The summed E-state index contributed by atoms with van der Waals surface area (Å²) in [4.78, 5) is 0. The Morgan fingerprint density at radius 1 is 1.11 bits per heavy atom. The topological polar surface area (TPSA) is 45.4 Å². The average molecular weight is 275 g/mol. The summed E-state index contributed by atoms with van der Waals surface area (Å²) in [7, 11) is -3.12. The standard InChI is InChI=1S/C14H22BNO2Si/c1-14(2,3)19(4,5)16-10-9-11-12(15(17)18)7-6-8-13(11)16/h6-10,17-18H,1-5H3. The molecule has 0 atom stereocenters. The normalized spacial score (nSPS) is 13.0. The van der Waals surface area contributed by atoms with Crippen LogP contribution < -0.4 is 5.46 Å². The molecule has 1 aromatic heterocycles. The van der Waals surface area contributed by atoms with Crippen molar-refractivity contribution in [3.8, 4) is 0 Å². The molecule has 0 saturated carbocycles. The molecule has 3 nitrogen and oxygen atoms in total. The first kappa shape index (κ1) is 14.4. The molecule has 0 aliphatic rings. The van der Waals surface area contributed by atoms with Gasteiger partial charge in [-0.1, -0.05) is 46.0 Å². The molecule has 0 aliphatic carbocycles. The number of fused-ring (bicyclic) bond motifs is 1. The zero-order chi connectivity index (χ0) is 14.4. The lowest BCUT2D eigenvalue weighted by atomic mass is 9.78. The van der Waals surface area contributed by atoms with E-state index in [1.54, 1.807) is 6.07 Å². The Bertz CT molecular complexity index is 599. The third kappa shape index (κ3) is 2.26. The summed E-state index contributed by atoms with van der Waals surface area (Å²) in [5, 5.41) is 20.1. The van der Waals surface area contributed by atoms with E-state index in [1.165, 1.54) is 0 Å². The van der Waals surface area contributed by atoms with Gasteiger partial charge >= 0.3 is 7.12 Å². The highest BCUT2D eigenvalue weighted by molar-refractivity contribution is 6.79. The minimum absolute atomic E-state index is 0.229. The van der Waals surface area contributed by atoms with Crippen molar-refractivity contribution in [1.82, 2.24) is 4.23 Å². The molecule has 19 heavy (non-hydrogen) atoms. The van der Waals surface area contributed by atoms with Crippen LogP contribution in [0.25, 0.3) is 10.9 Å². The fraction of sp³-hybridized carbons (Fsp3) is 0.429. The third-order valence-corrected chi connectivity index (χ3v) is 9.75. The summed E-state index contributed by atoms with van der Waals surface area (Å²) in [5.74, 6) is 0. The molecule has 0 saturated heterocycles. The van der Waals surface area contributed by atoms with E-state index in [1.807, 2.05) is 12.1 Å². The second-order valence-corrected chi connectivity index (χ2v) is 11.7. The van der Waals surface area contributed by atoms with Crippen LogP contribution in [0.5, 0.6) is 0 Å². The van der Waals surface area contributed by atoms with Crippen LogP contribution in [0.15, 0.2) is 30.5 Å². The van der Waals surface area contributed by atoms with E-state index >= 15 is 0 Å². The molecule has 0 aliphatic heterocycles. The molecule has 1 heterocycles. The molecule has 102 valence electrons. The molecule has 0 amide bonds. The molecule has 0 unspecified atom stereocenters. The minimum Gasteiger partial charge on any atom is -0.423 e. The number of aromatic nitrogens is 1. The monoisotopic (exact) mass is 275 g/mol. The SMILES string of the molecule is CC(C)(C)[Si](C)(C)n1ccc2c(B(O)O)cccc21. The molecule has 0 bridgehead atoms. The van der Waals surface area contributed by atoms with Crippen molar-refractivity contribution in [1.29, 1.82) is 0 Å². The van der Waals surface area contributed by atoms with Crippen molar-refractivity contribution < 1.29 is 10.0 Å². The van der Waals surface area contributed by atoms with Gasteiger partial charge in [0.25, 0.3) is 0 Å². The number of hydrogen-bond acceptors (Lipinski definition) is 2. The largest absolute Gasteiger partial charge is 0.489 e. The first-order valence-electron chi connectivity index (χ1n) is 6.63. The molecule has 0 spiro atoms. The lowest BCUT2D eigenvalue weighted by Crippen LogP contribution is -2.45. The Balaban J connectivity index is 2.69. The summed E-state index contributed by atoms with van der Waals surface area (Å²) in [6.07, 6.45) is 2.09. The van der Waals surface area contributed by atoms with Crippen LogP contribution in [-0.4, -0.2) is 29.6 Å². The van der Waals surface area contributed by atoms with Crippen LogP contribution >= 0.6 is 0 Å². The van der Waals surface area contributed by atoms with Gasteiger partial charge in [0.2, 0.25) is 0 Å². The molecule has 5 heteroatoms. The Hall–Kier alpha value is -1.04.